The molecule has 0 radical (unpaired) electrons. The van der Waals surface area contributed by atoms with Crippen LogP contribution in [0.3, 0.4) is 0 Å². The highest BCUT2D eigenvalue weighted by Gasteiger charge is 2.23. The van der Waals surface area contributed by atoms with Gasteiger partial charge in [-0.15, -0.1) is 11.3 Å². The van der Waals surface area contributed by atoms with E-state index in [-0.39, 0.29) is 11.7 Å². The smallest absolute Gasteiger partial charge is 0.253 e. The Morgan fingerprint density at radius 2 is 1.50 bits per heavy atom. The quantitative estimate of drug-likeness (QED) is 0.532. The molecule has 2 N–H and O–H groups in total. The fourth-order valence-electron chi connectivity index (χ4n) is 2.23. The molecule has 2 aromatic carbocycles. The Kier molecular flexibility index (Phi) is 5.03. The molecule has 0 aliphatic rings. The van der Waals surface area contributed by atoms with Crippen LogP contribution in [0.1, 0.15) is 20.0 Å². The van der Waals surface area contributed by atoms with Gasteiger partial charge in [0.05, 0.1) is 4.88 Å². The molecule has 0 unspecified atom stereocenters. The molecule has 5 heteroatoms. The fraction of sp³-hybridized carbons (Fsp3) is 0.0526. The number of rotatable bonds is 6. The van der Waals surface area contributed by atoms with Crippen molar-refractivity contribution in [2.75, 3.05) is 5.32 Å². The van der Waals surface area contributed by atoms with Crippen molar-refractivity contribution in [2.24, 2.45) is 0 Å². The number of carbonyl (C=O) groups excluding carboxylic acids is 2. The van der Waals surface area contributed by atoms with Gasteiger partial charge in [-0.2, -0.15) is 0 Å². The van der Waals surface area contributed by atoms with Crippen LogP contribution >= 0.6 is 11.3 Å². The van der Waals surface area contributed by atoms with Gasteiger partial charge >= 0.3 is 0 Å². The van der Waals surface area contributed by atoms with Crippen molar-refractivity contribution in [3.8, 4) is 0 Å². The number of thiophene rings is 1. The molecule has 24 heavy (non-hydrogen) atoms. The Balaban J connectivity index is 1.81. The summed E-state index contributed by atoms with van der Waals surface area (Å²) in [5.74, 6) is -0.466. The van der Waals surface area contributed by atoms with Crippen molar-refractivity contribution in [1.82, 2.24) is 5.32 Å². The lowest BCUT2D eigenvalue weighted by Gasteiger charge is -2.20. The Labute approximate surface area is 144 Å². The van der Waals surface area contributed by atoms with Gasteiger partial charge in [0.1, 0.15) is 0 Å². The molecule has 3 rings (SSSR count). The maximum absolute atomic E-state index is 12.7. The number of benzene rings is 2. The lowest BCUT2D eigenvalue weighted by molar-refractivity contribution is 0.0871. The molecule has 0 bridgehead atoms. The van der Waals surface area contributed by atoms with Crippen molar-refractivity contribution < 1.29 is 9.59 Å². The lowest BCUT2D eigenvalue weighted by Crippen LogP contribution is -2.46. The first kappa shape index (κ1) is 16.0. The van der Waals surface area contributed by atoms with E-state index in [0.717, 1.165) is 5.69 Å². The average molecular weight is 336 g/mol. The first-order valence-corrected chi connectivity index (χ1v) is 8.37. The van der Waals surface area contributed by atoms with E-state index in [1.807, 2.05) is 47.8 Å². The lowest BCUT2D eigenvalue weighted by atomic mass is 10.2. The highest BCUT2D eigenvalue weighted by atomic mass is 32.1. The van der Waals surface area contributed by atoms with Crippen molar-refractivity contribution in [2.45, 2.75) is 6.17 Å². The molecule has 3 aromatic rings. The number of Topliss-reactive ketones (excluding diaryl/α,β-unsaturated/α-hetero) is 1. The molecule has 0 aliphatic carbocycles. The minimum atomic E-state index is -0.834. The molecule has 1 atom stereocenters. The third-order valence-electron chi connectivity index (χ3n) is 3.42. The molecule has 120 valence electrons. The topological polar surface area (TPSA) is 58.2 Å². The molecular formula is C19H16N2O2S. The SMILES string of the molecule is O=C(N[C@@H](Nc1ccccc1)C(=O)c1cccs1)c1ccccc1. The number of ketones is 1. The number of hydrogen-bond donors (Lipinski definition) is 2. The monoisotopic (exact) mass is 336 g/mol. The van der Waals surface area contributed by atoms with Gasteiger partial charge in [0.15, 0.2) is 6.17 Å². The Bertz CT molecular complexity index is 802. The highest BCUT2D eigenvalue weighted by molar-refractivity contribution is 7.12. The molecule has 0 fully saturated rings. The van der Waals surface area contributed by atoms with Crippen molar-refractivity contribution >= 4 is 28.7 Å². The van der Waals surface area contributed by atoms with Gasteiger partial charge in [0.25, 0.3) is 5.91 Å². The van der Waals surface area contributed by atoms with E-state index in [1.54, 1.807) is 30.3 Å². The zero-order chi connectivity index (χ0) is 16.8. The molecule has 1 amide bonds. The zero-order valence-electron chi connectivity index (χ0n) is 12.8. The van der Waals surface area contributed by atoms with Crippen LogP contribution in [-0.4, -0.2) is 17.9 Å². The number of amides is 1. The van der Waals surface area contributed by atoms with E-state index in [1.165, 1.54) is 11.3 Å². The largest absolute Gasteiger partial charge is 0.359 e. The molecule has 0 spiro atoms. The average Bonchev–Trinajstić information content (AvgIpc) is 3.17. The van der Waals surface area contributed by atoms with E-state index in [4.69, 9.17) is 0 Å². The zero-order valence-corrected chi connectivity index (χ0v) is 13.6. The summed E-state index contributed by atoms with van der Waals surface area (Å²) in [7, 11) is 0. The van der Waals surface area contributed by atoms with E-state index >= 15 is 0 Å². The predicted octanol–water partition coefficient (Wildman–Crippen LogP) is 3.80. The number of hydrogen-bond acceptors (Lipinski definition) is 4. The van der Waals surface area contributed by atoms with Crippen LogP contribution in [0.4, 0.5) is 5.69 Å². The van der Waals surface area contributed by atoms with Gasteiger partial charge in [-0.05, 0) is 35.7 Å². The fourth-order valence-corrected chi connectivity index (χ4v) is 2.93. The molecule has 0 aliphatic heterocycles. The van der Waals surface area contributed by atoms with Crippen LogP contribution < -0.4 is 10.6 Å². The highest BCUT2D eigenvalue weighted by Crippen LogP contribution is 2.14. The summed E-state index contributed by atoms with van der Waals surface area (Å²) in [5, 5.41) is 7.71. The second-order valence-electron chi connectivity index (χ2n) is 5.12. The minimum absolute atomic E-state index is 0.168. The third kappa shape index (κ3) is 3.88. The second kappa shape index (κ2) is 7.57. The number of para-hydroxylation sites is 1. The minimum Gasteiger partial charge on any atom is -0.359 e. The van der Waals surface area contributed by atoms with Crippen LogP contribution in [0.5, 0.6) is 0 Å². The predicted molar refractivity (Wildman–Crippen MR) is 96.4 cm³/mol. The van der Waals surface area contributed by atoms with Crippen molar-refractivity contribution in [1.29, 1.82) is 0 Å². The summed E-state index contributed by atoms with van der Waals surface area (Å²) in [6.45, 7) is 0. The van der Waals surface area contributed by atoms with Gasteiger partial charge in [0, 0.05) is 11.3 Å². The summed E-state index contributed by atoms with van der Waals surface area (Å²) in [6.07, 6.45) is -0.834. The van der Waals surface area contributed by atoms with Gasteiger partial charge in [-0.3, -0.25) is 9.59 Å². The first-order valence-electron chi connectivity index (χ1n) is 7.49. The van der Waals surface area contributed by atoms with Crippen LogP contribution in [0, 0.1) is 0 Å². The number of nitrogens with one attached hydrogen (secondary N) is 2. The molecular weight excluding hydrogens is 320 g/mol. The molecule has 0 saturated carbocycles. The van der Waals surface area contributed by atoms with Crippen LogP contribution in [0.2, 0.25) is 0 Å². The van der Waals surface area contributed by atoms with E-state index in [0.29, 0.717) is 10.4 Å². The van der Waals surface area contributed by atoms with Gasteiger partial charge in [0.2, 0.25) is 5.78 Å². The van der Waals surface area contributed by atoms with E-state index in [2.05, 4.69) is 10.6 Å². The van der Waals surface area contributed by atoms with Crippen LogP contribution in [-0.2, 0) is 0 Å². The Morgan fingerprint density at radius 1 is 0.833 bits per heavy atom. The van der Waals surface area contributed by atoms with E-state index in [9.17, 15) is 9.59 Å². The number of anilines is 1. The molecule has 1 aromatic heterocycles. The van der Waals surface area contributed by atoms with E-state index < -0.39 is 6.17 Å². The normalized spacial score (nSPS) is 11.5. The van der Waals surface area contributed by atoms with Gasteiger partial charge < -0.3 is 10.6 Å². The second-order valence-corrected chi connectivity index (χ2v) is 6.07. The maximum atomic E-state index is 12.7. The van der Waals surface area contributed by atoms with Gasteiger partial charge in [-0.25, -0.2) is 0 Å². The Morgan fingerprint density at radius 3 is 2.12 bits per heavy atom. The summed E-state index contributed by atoms with van der Waals surface area (Å²) < 4.78 is 0. The summed E-state index contributed by atoms with van der Waals surface area (Å²) in [5.41, 5.74) is 1.28. The molecule has 0 saturated heterocycles. The van der Waals surface area contributed by atoms with Crippen LogP contribution in [0.15, 0.2) is 78.2 Å². The Hall–Kier alpha value is -2.92. The summed E-state index contributed by atoms with van der Waals surface area (Å²) in [4.78, 5) is 25.7. The standard InChI is InChI=1S/C19H16N2O2S/c22-17(16-12-7-13-24-16)18(20-15-10-5-2-6-11-15)21-19(23)14-8-3-1-4-9-14/h1-13,18,20H,(H,21,23)/t18-/m1/s1. The van der Waals surface area contributed by atoms with Crippen LogP contribution in [0.25, 0.3) is 0 Å². The van der Waals surface area contributed by atoms with Gasteiger partial charge in [-0.1, -0.05) is 42.5 Å². The molecule has 1 heterocycles. The maximum Gasteiger partial charge on any atom is 0.253 e. The van der Waals surface area contributed by atoms with Crippen molar-refractivity contribution in [3.05, 3.63) is 88.6 Å². The summed E-state index contributed by atoms with van der Waals surface area (Å²) >= 11 is 1.35. The third-order valence-corrected chi connectivity index (χ3v) is 4.31. The summed E-state index contributed by atoms with van der Waals surface area (Å²) in [6, 6.07) is 21.7. The van der Waals surface area contributed by atoms with Crippen molar-refractivity contribution in [3.63, 3.8) is 0 Å². The number of carbonyl (C=O) groups is 2. The molecule has 4 nitrogen and oxygen atoms in total. The first-order chi connectivity index (χ1) is 11.7.